The van der Waals surface area contributed by atoms with Gasteiger partial charge in [0.05, 0.1) is 12.1 Å². The fourth-order valence-electron chi connectivity index (χ4n) is 3.26. The zero-order chi connectivity index (χ0) is 17.7. The lowest BCUT2D eigenvalue weighted by Crippen LogP contribution is -2.36. The van der Waals surface area contributed by atoms with Crippen molar-refractivity contribution in [3.63, 3.8) is 0 Å². The second-order valence-corrected chi connectivity index (χ2v) is 8.65. The Balaban J connectivity index is 1.58. The van der Waals surface area contributed by atoms with Crippen molar-refractivity contribution in [2.24, 2.45) is 11.7 Å². The number of nitrogens with zero attached hydrogens (tertiary/aromatic N) is 1. The van der Waals surface area contributed by atoms with Gasteiger partial charge in [-0.25, -0.2) is 4.79 Å². The molecule has 138 valence electrons. The maximum absolute atomic E-state index is 12.2. The Morgan fingerprint density at radius 2 is 2.12 bits per heavy atom. The van der Waals surface area contributed by atoms with E-state index in [-0.39, 0.29) is 30.1 Å². The number of carbonyl (C=O) groups is 2. The summed E-state index contributed by atoms with van der Waals surface area (Å²) in [5.74, 6) is 1.65. The monoisotopic (exact) mass is 356 g/mol. The number of unbranched alkanes of at least 4 members (excludes halogenated alkanes) is 1. The molecule has 0 bridgehead atoms. The van der Waals surface area contributed by atoms with Gasteiger partial charge in [0, 0.05) is 37.1 Å². The van der Waals surface area contributed by atoms with Gasteiger partial charge in [-0.15, -0.1) is 0 Å². The van der Waals surface area contributed by atoms with Gasteiger partial charge in [0.1, 0.15) is 0 Å². The number of hydrogen-bond acceptors (Lipinski definition) is 4. The zero-order valence-corrected chi connectivity index (χ0v) is 15.9. The van der Waals surface area contributed by atoms with E-state index in [0.717, 1.165) is 38.0 Å². The normalized spacial score (nSPS) is 26.9. The number of carbonyl (C=O) groups excluding carboxylic acids is 2. The van der Waals surface area contributed by atoms with E-state index in [4.69, 9.17) is 5.73 Å². The maximum Gasteiger partial charge on any atom is 0.315 e. The molecule has 4 atom stereocenters. The van der Waals surface area contributed by atoms with Crippen molar-refractivity contribution in [1.82, 2.24) is 15.5 Å². The Kier molecular flexibility index (Phi) is 7.22. The third-order valence-electron chi connectivity index (χ3n) is 5.15. The summed E-state index contributed by atoms with van der Waals surface area (Å²) >= 11 is 1.93. The predicted molar refractivity (Wildman–Crippen MR) is 99.0 cm³/mol. The predicted octanol–water partition coefficient (Wildman–Crippen LogP) is 1.54. The highest BCUT2D eigenvalue weighted by Crippen LogP contribution is 2.33. The Labute approximate surface area is 149 Å². The van der Waals surface area contributed by atoms with Crippen molar-refractivity contribution >= 4 is 23.7 Å². The lowest BCUT2D eigenvalue weighted by Gasteiger charge is -2.22. The average Bonchev–Trinajstić information content (AvgIpc) is 3.07. The summed E-state index contributed by atoms with van der Waals surface area (Å²) < 4.78 is 0. The smallest absolute Gasteiger partial charge is 0.315 e. The average molecular weight is 357 g/mol. The van der Waals surface area contributed by atoms with Crippen LogP contribution in [-0.2, 0) is 4.79 Å². The second-order valence-electron chi connectivity index (χ2n) is 7.38. The molecule has 7 heteroatoms. The van der Waals surface area contributed by atoms with Gasteiger partial charge in [0.2, 0.25) is 5.91 Å². The highest BCUT2D eigenvalue weighted by molar-refractivity contribution is 8.00. The number of nitrogens with two attached hydrogens (primary N) is 1. The van der Waals surface area contributed by atoms with Crippen LogP contribution in [0.1, 0.15) is 46.0 Å². The molecular formula is C17H32N4O2S. The number of nitrogens with one attached hydrogen (secondary N) is 2. The first-order chi connectivity index (χ1) is 11.4. The van der Waals surface area contributed by atoms with Gasteiger partial charge in [0.15, 0.2) is 0 Å². The molecule has 0 aromatic heterocycles. The largest absolute Gasteiger partial charge is 0.346 e. The zero-order valence-electron chi connectivity index (χ0n) is 15.1. The van der Waals surface area contributed by atoms with E-state index in [1.165, 1.54) is 0 Å². The van der Waals surface area contributed by atoms with Gasteiger partial charge < -0.3 is 21.3 Å². The van der Waals surface area contributed by atoms with E-state index in [0.29, 0.717) is 17.6 Å². The maximum atomic E-state index is 12.2. The first kappa shape index (κ1) is 19.4. The summed E-state index contributed by atoms with van der Waals surface area (Å²) in [7, 11) is 1.87. The molecule has 24 heavy (non-hydrogen) atoms. The van der Waals surface area contributed by atoms with Crippen LogP contribution in [0.15, 0.2) is 0 Å². The lowest BCUT2D eigenvalue weighted by molar-refractivity contribution is -0.130. The van der Waals surface area contributed by atoms with Gasteiger partial charge in [-0.2, -0.15) is 11.8 Å². The molecular weight excluding hydrogens is 324 g/mol. The lowest BCUT2D eigenvalue weighted by atomic mass is 10.0. The molecule has 2 aliphatic heterocycles. The molecule has 2 fully saturated rings. The van der Waals surface area contributed by atoms with Crippen LogP contribution in [0.25, 0.3) is 0 Å². The first-order valence-electron chi connectivity index (χ1n) is 9.06. The Bertz CT molecular complexity index is 446. The fraction of sp³-hybridized carbons (Fsp3) is 0.882. The van der Waals surface area contributed by atoms with Crippen molar-refractivity contribution in [3.05, 3.63) is 0 Å². The Morgan fingerprint density at radius 3 is 2.83 bits per heavy atom. The summed E-state index contributed by atoms with van der Waals surface area (Å²) in [6, 6.07) is 0.665. The quantitative estimate of drug-likeness (QED) is 0.432. The third-order valence-corrected chi connectivity index (χ3v) is 6.66. The number of fused-ring (bicyclic) bond motifs is 1. The van der Waals surface area contributed by atoms with Gasteiger partial charge in [-0.05, 0) is 25.2 Å². The van der Waals surface area contributed by atoms with Crippen molar-refractivity contribution in [3.8, 4) is 0 Å². The van der Waals surface area contributed by atoms with Crippen molar-refractivity contribution in [1.29, 1.82) is 0 Å². The van der Waals surface area contributed by atoms with Crippen molar-refractivity contribution in [2.75, 3.05) is 19.3 Å². The van der Waals surface area contributed by atoms with E-state index < -0.39 is 0 Å². The van der Waals surface area contributed by atoms with E-state index in [2.05, 4.69) is 24.5 Å². The van der Waals surface area contributed by atoms with Crippen LogP contribution in [0, 0.1) is 5.92 Å². The number of hydrogen-bond donors (Lipinski definition) is 3. The molecule has 2 rings (SSSR count). The molecule has 6 nitrogen and oxygen atoms in total. The topological polar surface area (TPSA) is 87.5 Å². The van der Waals surface area contributed by atoms with Gasteiger partial charge in [-0.3, -0.25) is 4.79 Å². The molecule has 2 saturated heterocycles. The van der Waals surface area contributed by atoms with Crippen molar-refractivity contribution < 1.29 is 9.59 Å². The highest BCUT2D eigenvalue weighted by atomic mass is 32.2. The molecule has 0 aromatic rings. The number of rotatable bonds is 9. The van der Waals surface area contributed by atoms with Gasteiger partial charge in [0.25, 0.3) is 0 Å². The van der Waals surface area contributed by atoms with Crippen LogP contribution < -0.4 is 16.4 Å². The molecule has 1 unspecified atom stereocenters. The Morgan fingerprint density at radius 1 is 1.38 bits per heavy atom. The van der Waals surface area contributed by atoms with Crippen LogP contribution >= 0.6 is 11.8 Å². The molecule has 2 aliphatic rings. The van der Waals surface area contributed by atoms with E-state index in [9.17, 15) is 9.59 Å². The molecule has 2 heterocycles. The summed E-state index contributed by atoms with van der Waals surface area (Å²) in [4.78, 5) is 25.3. The van der Waals surface area contributed by atoms with E-state index in [1.807, 2.05) is 23.7 Å². The van der Waals surface area contributed by atoms with E-state index >= 15 is 0 Å². The van der Waals surface area contributed by atoms with Crippen LogP contribution in [0.2, 0.25) is 0 Å². The highest BCUT2D eigenvalue weighted by Gasteiger charge is 2.42. The summed E-state index contributed by atoms with van der Waals surface area (Å²) in [6.07, 6.45) is 4.46. The molecule has 0 aromatic carbocycles. The van der Waals surface area contributed by atoms with Gasteiger partial charge >= 0.3 is 6.03 Å². The molecule has 0 spiro atoms. The molecule has 3 amide bonds. The standard InChI is InChI=1S/C17H32N4O2S/c1-11(2)12(18)8-9-21(3)15(22)7-5-4-6-14-16-13(10-24-14)19-17(23)20-16/h11-14,16H,4-10,18H2,1-3H3,(H2,19,20,23)/t12?,13-,14-,16-/m0/s1. The third kappa shape index (κ3) is 5.28. The number of urea groups is 1. The molecule has 0 aliphatic carbocycles. The van der Waals surface area contributed by atoms with Crippen LogP contribution in [0.3, 0.4) is 0 Å². The molecule has 0 radical (unpaired) electrons. The summed E-state index contributed by atoms with van der Waals surface area (Å²) in [5.41, 5.74) is 6.03. The van der Waals surface area contributed by atoms with Crippen LogP contribution in [0.5, 0.6) is 0 Å². The van der Waals surface area contributed by atoms with Gasteiger partial charge in [-0.1, -0.05) is 20.3 Å². The Hall–Kier alpha value is -0.950. The van der Waals surface area contributed by atoms with Crippen LogP contribution in [0.4, 0.5) is 4.79 Å². The SMILES string of the molecule is CC(C)C(N)CCN(C)C(=O)CCCC[C@@H]1SC[C@@H]2NC(=O)N[C@@H]21. The first-order valence-corrected chi connectivity index (χ1v) is 10.1. The minimum absolute atomic E-state index is 0.0355. The molecule has 4 N–H and O–H groups in total. The summed E-state index contributed by atoms with van der Waals surface area (Å²) in [5, 5.41) is 6.45. The minimum Gasteiger partial charge on any atom is -0.346 e. The summed E-state index contributed by atoms with van der Waals surface area (Å²) in [6.45, 7) is 4.96. The van der Waals surface area contributed by atoms with Crippen LogP contribution in [-0.4, -0.2) is 59.6 Å². The fourth-order valence-corrected chi connectivity index (χ4v) is 4.80. The van der Waals surface area contributed by atoms with Crippen molar-refractivity contribution in [2.45, 2.75) is 69.3 Å². The minimum atomic E-state index is -0.0355. The molecule has 0 saturated carbocycles. The van der Waals surface area contributed by atoms with E-state index in [1.54, 1.807) is 0 Å². The number of thioether (sulfide) groups is 1. The second kappa shape index (κ2) is 8.94. The number of amides is 3.